The summed E-state index contributed by atoms with van der Waals surface area (Å²) in [5.41, 5.74) is 0.989. The molecule has 1 N–H and O–H groups in total. The van der Waals surface area contributed by atoms with Gasteiger partial charge in [-0.1, -0.05) is 6.07 Å². The Bertz CT molecular complexity index is 384. The highest BCUT2D eigenvalue weighted by Crippen LogP contribution is 2.17. The van der Waals surface area contributed by atoms with Gasteiger partial charge in [-0.3, -0.25) is 0 Å². The lowest BCUT2D eigenvalue weighted by Gasteiger charge is -2.22. The molecule has 0 amide bonds. The van der Waals surface area contributed by atoms with Crippen molar-refractivity contribution < 1.29 is 8.95 Å². The van der Waals surface area contributed by atoms with Crippen LogP contribution in [0.1, 0.15) is 39.3 Å². The number of aromatic nitrogens is 1. The number of nitrogens with one attached hydrogen (secondary N) is 1. The molecule has 0 saturated carbocycles. The fourth-order valence-corrected chi connectivity index (χ4v) is 1.98. The van der Waals surface area contributed by atoms with E-state index in [4.69, 9.17) is 4.74 Å². The molecule has 0 aliphatic rings. The Kier molecular flexibility index (Phi) is 4.65. The molecule has 0 bridgehead atoms. The maximum atomic E-state index is 11.9. The quantitative estimate of drug-likeness (QED) is 0.898. The molecular formula is C12H20N2O2S. The minimum Gasteiger partial charge on any atom is -0.481 e. The first kappa shape index (κ1) is 14.1. The molecule has 2 atom stereocenters. The fraction of sp³-hybridized carbons (Fsp3) is 0.583. The summed E-state index contributed by atoms with van der Waals surface area (Å²) >= 11 is 0. The number of methoxy groups -OCH3 is 1. The Morgan fingerprint density at radius 1 is 1.41 bits per heavy atom. The smallest absolute Gasteiger partial charge is 0.212 e. The van der Waals surface area contributed by atoms with Gasteiger partial charge in [0.15, 0.2) is 0 Å². The van der Waals surface area contributed by atoms with Crippen LogP contribution in [0.4, 0.5) is 0 Å². The van der Waals surface area contributed by atoms with E-state index in [1.54, 1.807) is 19.4 Å². The van der Waals surface area contributed by atoms with Gasteiger partial charge in [0.05, 0.1) is 22.8 Å². The van der Waals surface area contributed by atoms with Crippen molar-refractivity contribution in [1.82, 2.24) is 9.71 Å². The zero-order valence-electron chi connectivity index (χ0n) is 11.0. The topological polar surface area (TPSA) is 51.2 Å². The molecule has 1 rings (SSSR count). The summed E-state index contributed by atoms with van der Waals surface area (Å²) in [6.45, 7) is 7.78. The summed E-state index contributed by atoms with van der Waals surface area (Å²) in [7, 11) is 0.498. The van der Waals surface area contributed by atoms with Gasteiger partial charge < -0.3 is 4.74 Å². The first-order valence-corrected chi connectivity index (χ1v) is 6.67. The third-order valence-electron chi connectivity index (χ3n) is 2.31. The molecule has 0 aliphatic carbocycles. The molecule has 0 aromatic carbocycles. The first-order valence-electron chi connectivity index (χ1n) is 5.52. The molecule has 17 heavy (non-hydrogen) atoms. The Morgan fingerprint density at radius 3 is 2.47 bits per heavy atom. The number of ether oxygens (including phenoxy) is 1. The molecule has 0 spiro atoms. The fourth-order valence-electron chi connectivity index (χ4n) is 1.17. The lowest BCUT2D eigenvalue weighted by atomic mass is 10.2. The minimum absolute atomic E-state index is 0.00605. The highest BCUT2D eigenvalue weighted by atomic mass is 32.2. The summed E-state index contributed by atoms with van der Waals surface area (Å²) in [5, 5.41) is 0. The van der Waals surface area contributed by atoms with Gasteiger partial charge in [-0.25, -0.2) is 13.9 Å². The second-order valence-electron chi connectivity index (χ2n) is 4.85. The molecule has 0 aliphatic heterocycles. The van der Waals surface area contributed by atoms with Gasteiger partial charge in [0, 0.05) is 18.3 Å². The lowest BCUT2D eigenvalue weighted by molar-refractivity contribution is 0.397. The van der Waals surface area contributed by atoms with Crippen molar-refractivity contribution in [3.63, 3.8) is 0 Å². The lowest BCUT2D eigenvalue weighted by Crippen LogP contribution is -2.34. The van der Waals surface area contributed by atoms with Crippen LogP contribution in [0.5, 0.6) is 5.88 Å². The van der Waals surface area contributed by atoms with E-state index in [-0.39, 0.29) is 10.8 Å². The third-order valence-corrected chi connectivity index (χ3v) is 3.99. The molecule has 1 aromatic rings. The van der Waals surface area contributed by atoms with E-state index in [1.165, 1.54) is 0 Å². The summed E-state index contributed by atoms with van der Waals surface area (Å²) in [4.78, 5) is 4.13. The Hall–Kier alpha value is -0.940. The molecule has 0 radical (unpaired) electrons. The van der Waals surface area contributed by atoms with Crippen molar-refractivity contribution in [2.24, 2.45) is 0 Å². The zero-order valence-corrected chi connectivity index (χ0v) is 11.8. The molecule has 4 nitrogen and oxygen atoms in total. The normalized spacial score (nSPS) is 15.4. The molecule has 1 heterocycles. The van der Waals surface area contributed by atoms with Crippen LogP contribution in [0.2, 0.25) is 0 Å². The van der Waals surface area contributed by atoms with E-state index in [1.807, 2.05) is 33.8 Å². The van der Waals surface area contributed by atoms with Crippen LogP contribution in [0.25, 0.3) is 0 Å². The van der Waals surface area contributed by atoms with Crippen molar-refractivity contribution in [3.05, 3.63) is 23.9 Å². The molecule has 0 saturated heterocycles. The predicted molar refractivity (Wildman–Crippen MR) is 70.2 cm³/mol. The summed E-state index contributed by atoms with van der Waals surface area (Å²) in [6, 6.07) is 3.71. The number of rotatable bonds is 4. The number of nitrogens with zero attached hydrogens (tertiary/aromatic N) is 1. The Balaban J connectivity index is 2.70. The average Bonchev–Trinajstić information content (AvgIpc) is 2.27. The molecule has 96 valence electrons. The van der Waals surface area contributed by atoms with Crippen LogP contribution >= 0.6 is 0 Å². The highest BCUT2D eigenvalue weighted by molar-refractivity contribution is 7.84. The van der Waals surface area contributed by atoms with Gasteiger partial charge in [-0.15, -0.1) is 0 Å². The highest BCUT2D eigenvalue weighted by Gasteiger charge is 2.21. The monoisotopic (exact) mass is 256 g/mol. The van der Waals surface area contributed by atoms with Gasteiger partial charge >= 0.3 is 0 Å². The largest absolute Gasteiger partial charge is 0.481 e. The van der Waals surface area contributed by atoms with E-state index in [0.717, 1.165) is 5.56 Å². The summed E-state index contributed by atoms with van der Waals surface area (Å²) < 4.78 is 19.7. The van der Waals surface area contributed by atoms with E-state index >= 15 is 0 Å². The molecule has 5 heteroatoms. The first-order chi connectivity index (χ1) is 7.84. The zero-order chi connectivity index (χ0) is 13.1. The number of hydrogen-bond donors (Lipinski definition) is 1. The van der Waals surface area contributed by atoms with Crippen molar-refractivity contribution in [2.45, 2.75) is 38.5 Å². The van der Waals surface area contributed by atoms with Gasteiger partial charge in [0.25, 0.3) is 0 Å². The maximum absolute atomic E-state index is 11.9. The van der Waals surface area contributed by atoms with Crippen LogP contribution < -0.4 is 9.46 Å². The van der Waals surface area contributed by atoms with E-state index < -0.39 is 11.0 Å². The van der Waals surface area contributed by atoms with Crippen LogP contribution in [0.3, 0.4) is 0 Å². The van der Waals surface area contributed by atoms with Crippen LogP contribution in [0, 0.1) is 0 Å². The van der Waals surface area contributed by atoms with E-state index in [2.05, 4.69) is 9.71 Å². The second-order valence-corrected chi connectivity index (χ2v) is 6.85. The molecule has 1 unspecified atom stereocenters. The van der Waals surface area contributed by atoms with Crippen LogP contribution in [-0.4, -0.2) is 21.0 Å². The molecule has 0 fully saturated rings. The third kappa shape index (κ3) is 4.09. The van der Waals surface area contributed by atoms with Gasteiger partial charge in [0.1, 0.15) is 0 Å². The van der Waals surface area contributed by atoms with E-state index in [0.29, 0.717) is 5.88 Å². The summed E-state index contributed by atoms with van der Waals surface area (Å²) in [5.74, 6) is 0.581. The second kappa shape index (κ2) is 5.60. The maximum Gasteiger partial charge on any atom is 0.212 e. The van der Waals surface area contributed by atoms with Gasteiger partial charge in [-0.2, -0.15) is 0 Å². The summed E-state index contributed by atoms with van der Waals surface area (Å²) in [6.07, 6.45) is 1.73. The van der Waals surface area contributed by atoms with Crippen LogP contribution in [-0.2, 0) is 11.0 Å². The Morgan fingerprint density at radius 2 is 2.06 bits per heavy atom. The van der Waals surface area contributed by atoms with Crippen molar-refractivity contribution in [3.8, 4) is 5.88 Å². The molecule has 1 aromatic heterocycles. The average molecular weight is 256 g/mol. The van der Waals surface area contributed by atoms with Crippen molar-refractivity contribution in [2.75, 3.05) is 7.11 Å². The Labute approximate surface area is 105 Å². The predicted octanol–water partition coefficient (Wildman–Crippen LogP) is 2.20. The number of hydrogen-bond acceptors (Lipinski definition) is 3. The SMILES string of the molecule is COc1ccc([C@@H](C)NS(=O)C(C)(C)C)cn1. The number of pyridine rings is 1. The van der Waals surface area contributed by atoms with Crippen molar-refractivity contribution >= 4 is 11.0 Å². The van der Waals surface area contributed by atoms with E-state index in [9.17, 15) is 4.21 Å². The van der Waals surface area contributed by atoms with Gasteiger partial charge in [0.2, 0.25) is 5.88 Å². The van der Waals surface area contributed by atoms with Gasteiger partial charge in [-0.05, 0) is 33.3 Å². The van der Waals surface area contributed by atoms with Crippen LogP contribution in [0.15, 0.2) is 18.3 Å². The minimum atomic E-state index is -1.08. The molecular weight excluding hydrogens is 236 g/mol. The standard InChI is InChI=1S/C12H20N2O2S/c1-9(14-17(15)12(2,3)4)10-6-7-11(16-5)13-8-10/h6-9,14H,1-5H3/t9-,17?/m1/s1. The van der Waals surface area contributed by atoms with Crippen molar-refractivity contribution in [1.29, 1.82) is 0 Å².